The molecule has 2 fully saturated rings. The molecule has 0 spiro atoms. The number of aliphatic hydroxyl groups is 6. The summed E-state index contributed by atoms with van der Waals surface area (Å²) >= 11 is 0. The van der Waals surface area contributed by atoms with Crippen molar-refractivity contribution in [3.8, 4) is 40.1 Å². The Morgan fingerprint density at radius 2 is 1.12 bits per heavy atom. The Labute approximate surface area is 223 Å². The Morgan fingerprint density at radius 1 is 0.625 bits per heavy atom. The van der Waals surface area contributed by atoms with Gasteiger partial charge in [0.05, 0.1) is 24.3 Å². The monoisotopic (exact) mass is 566 g/mol. The minimum absolute atomic E-state index is 0.135. The summed E-state index contributed by atoms with van der Waals surface area (Å²) < 4.78 is 16.6. The van der Waals surface area contributed by atoms with E-state index in [0.717, 1.165) is 18.2 Å². The highest BCUT2D eigenvalue weighted by Gasteiger charge is 2.46. The Hall–Kier alpha value is -3.67. The molecule has 5 rings (SSSR count). The third kappa shape index (κ3) is 4.29. The molecule has 3 heterocycles. The molecular weight excluding hydrogens is 540 g/mol. The quantitative estimate of drug-likeness (QED) is 0.158. The van der Waals surface area contributed by atoms with Crippen molar-refractivity contribution in [1.29, 1.82) is 0 Å². The Morgan fingerprint density at radius 3 is 1.65 bits per heavy atom. The molecule has 3 aromatic rings. The van der Waals surface area contributed by atoms with Crippen LogP contribution in [0.2, 0.25) is 0 Å². The molecule has 40 heavy (non-hydrogen) atoms. The molecule has 8 atom stereocenters. The molecule has 1 aromatic heterocycles. The molecule has 2 unspecified atom stereocenters. The number of phenolic OH excluding ortho intramolecular Hbond substituents is 5. The number of fused-ring (bicyclic) bond motifs is 1. The van der Waals surface area contributed by atoms with Crippen LogP contribution in [-0.4, -0.2) is 106 Å². The van der Waals surface area contributed by atoms with Gasteiger partial charge in [-0.25, -0.2) is 0 Å². The maximum absolute atomic E-state index is 13.3. The summed E-state index contributed by atoms with van der Waals surface area (Å²) in [5, 5.41) is 113. The highest BCUT2D eigenvalue weighted by Crippen LogP contribution is 2.50. The summed E-state index contributed by atoms with van der Waals surface area (Å²) in [6.45, 7) is -1.08. The average Bonchev–Trinajstić information content (AvgIpc) is 2.90. The van der Waals surface area contributed by atoms with Gasteiger partial charge >= 0.3 is 0 Å². The van der Waals surface area contributed by atoms with Gasteiger partial charge in [0.25, 0.3) is 0 Å². The average molecular weight is 566 g/mol. The maximum atomic E-state index is 13.3. The molecule has 2 aromatic carbocycles. The number of hydrogen-bond donors (Lipinski definition) is 11. The van der Waals surface area contributed by atoms with Crippen molar-refractivity contribution >= 4 is 11.0 Å². The zero-order chi connectivity index (χ0) is 29.2. The van der Waals surface area contributed by atoms with Crippen molar-refractivity contribution in [2.75, 3.05) is 13.2 Å². The van der Waals surface area contributed by atoms with Crippen LogP contribution in [-0.2, 0) is 9.47 Å². The van der Waals surface area contributed by atoms with E-state index in [0.29, 0.717) is 0 Å². The van der Waals surface area contributed by atoms with Gasteiger partial charge in [-0.05, 0) is 12.1 Å². The lowest BCUT2D eigenvalue weighted by Gasteiger charge is -2.38. The standard InChI is InChI=1S/C25H26O15/c26-7-3-12(6-1-8(27)16(31)9(28)2-6)40-23-13(7)19(34)14(24-21(36)17(32)10(29)4-38-24)20(35)15(23)25-22(37)18(33)11(30)5-39-25/h1-3,10-11,17-18,21-22,24-25,27-37H,4-5H2/t10-,11-,17-,18-,21?,22?,24-,25-/m0/s1. The molecule has 0 aliphatic carbocycles. The molecule has 11 N–H and O–H groups in total. The number of phenols is 5. The van der Waals surface area contributed by atoms with E-state index in [1.165, 1.54) is 0 Å². The van der Waals surface area contributed by atoms with Crippen molar-refractivity contribution in [2.45, 2.75) is 48.8 Å². The zero-order valence-corrected chi connectivity index (χ0v) is 20.3. The normalized spacial score (nSPS) is 30.9. The third-order valence-electron chi connectivity index (χ3n) is 7.12. The van der Waals surface area contributed by atoms with Crippen LogP contribution in [0.3, 0.4) is 0 Å². The predicted octanol–water partition coefficient (Wildman–Crippen LogP) is -1.70. The van der Waals surface area contributed by atoms with Crippen LogP contribution in [0.5, 0.6) is 28.7 Å². The summed E-state index contributed by atoms with van der Waals surface area (Å²) in [5.74, 6) is -4.64. The molecule has 0 radical (unpaired) electrons. The molecule has 15 heteroatoms. The summed E-state index contributed by atoms with van der Waals surface area (Å²) in [5.41, 5.74) is -2.85. The summed E-state index contributed by atoms with van der Waals surface area (Å²) in [6.07, 6.45) is -13.8. The van der Waals surface area contributed by atoms with Gasteiger partial charge in [0.15, 0.2) is 28.3 Å². The van der Waals surface area contributed by atoms with Gasteiger partial charge in [0.2, 0.25) is 0 Å². The molecule has 216 valence electrons. The van der Waals surface area contributed by atoms with Gasteiger partial charge < -0.3 is 70.1 Å². The van der Waals surface area contributed by atoms with Crippen LogP contribution in [0.1, 0.15) is 23.3 Å². The van der Waals surface area contributed by atoms with Crippen molar-refractivity contribution in [1.82, 2.24) is 0 Å². The minimum atomic E-state index is -1.92. The molecule has 15 nitrogen and oxygen atoms in total. The van der Waals surface area contributed by atoms with E-state index in [1.54, 1.807) is 0 Å². The number of aliphatic hydroxyl groups excluding tert-OH is 6. The summed E-state index contributed by atoms with van der Waals surface area (Å²) in [7, 11) is 0. The van der Waals surface area contributed by atoms with Gasteiger partial charge in [-0.1, -0.05) is 0 Å². The molecule has 2 aliphatic rings. The van der Waals surface area contributed by atoms with Crippen LogP contribution in [0.25, 0.3) is 22.3 Å². The molecule has 0 amide bonds. The Balaban J connectivity index is 1.81. The SMILES string of the molecule is O=c1cc(-c2cc(O)c(O)c(O)c2)oc2c([C@@H]3OC[C@H](O)[C@H](O)C3O)c(O)c([C@@H]3OC[C@H](O)[C@H](O)C3O)c(O)c12. The largest absolute Gasteiger partial charge is 0.507 e. The van der Waals surface area contributed by atoms with Crippen LogP contribution in [0.15, 0.2) is 27.4 Å². The number of aromatic hydroxyl groups is 5. The second-order valence-corrected chi connectivity index (χ2v) is 9.67. The van der Waals surface area contributed by atoms with Crippen LogP contribution < -0.4 is 5.43 Å². The maximum Gasteiger partial charge on any atom is 0.200 e. The van der Waals surface area contributed by atoms with E-state index >= 15 is 0 Å². The van der Waals surface area contributed by atoms with E-state index < -0.39 is 118 Å². The van der Waals surface area contributed by atoms with Gasteiger partial charge in [0, 0.05) is 11.6 Å². The van der Waals surface area contributed by atoms with Gasteiger partial charge in [-0.15, -0.1) is 0 Å². The lowest BCUT2D eigenvalue weighted by molar-refractivity contribution is -0.191. The van der Waals surface area contributed by atoms with Gasteiger partial charge in [-0.3, -0.25) is 4.79 Å². The second kappa shape index (κ2) is 10.1. The third-order valence-corrected chi connectivity index (χ3v) is 7.12. The number of hydrogen-bond acceptors (Lipinski definition) is 15. The summed E-state index contributed by atoms with van der Waals surface area (Å²) in [6, 6.07) is 2.72. The highest BCUT2D eigenvalue weighted by atomic mass is 16.5. The first-order valence-electron chi connectivity index (χ1n) is 12.0. The van der Waals surface area contributed by atoms with E-state index in [-0.39, 0.29) is 11.3 Å². The van der Waals surface area contributed by atoms with E-state index in [9.17, 15) is 61.0 Å². The molecule has 0 bridgehead atoms. The Kier molecular flexibility index (Phi) is 7.01. The van der Waals surface area contributed by atoms with Gasteiger partial charge in [0.1, 0.15) is 71.5 Å². The fraction of sp³-hybridized carbons (Fsp3) is 0.400. The van der Waals surface area contributed by atoms with Crippen molar-refractivity contribution in [2.24, 2.45) is 0 Å². The fourth-order valence-electron chi connectivity index (χ4n) is 4.95. The van der Waals surface area contributed by atoms with Crippen LogP contribution in [0, 0.1) is 0 Å². The second-order valence-electron chi connectivity index (χ2n) is 9.67. The molecule has 0 saturated carbocycles. The van der Waals surface area contributed by atoms with Crippen molar-refractivity contribution in [3.63, 3.8) is 0 Å². The van der Waals surface area contributed by atoms with Crippen molar-refractivity contribution < 1.29 is 70.1 Å². The van der Waals surface area contributed by atoms with Crippen LogP contribution >= 0.6 is 0 Å². The Bertz CT molecular complexity index is 1490. The first-order chi connectivity index (χ1) is 18.8. The molecule has 2 aliphatic heterocycles. The van der Waals surface area contributed by atoms with Crippen LogP contribution in [0.4, 0.5) is 0 Å². The van der Waals surface area contributed by atoms with E-state index in [1.807, 2.05) is 0 Å². The topological polar surface area (TPSA) is 271 Å². The number of benzene rings is 2. The first-order valence-corrected chi connectivity index (χ1v) is 12.0. The molecule has 2 saturated heterocycles. The number of ether oxygens (including phenoxy) is 2. The zero-order valence-electron chi connectivity index (χ0n) is 20.3. The smallest absolute Gasteiger partial charge is 0.200 e. The lowest BCUT2D eigenvalue weighted by atomic mass is 9.87. The summed E-state index contributed by atoms with van der Waals surface area (Å²) in [4.78, 5) is 13.3. The predicted molar refractivity (Wildman–Crippen MR) is 130 cm³/mol. The fourth-order valence-corrected chi connectivity index (χ4v) is 4.95. The van der Waals surface area contributed by atoms with E-state index in [2.05, 4.69) is 0 Å². The minimum Gasteiger partial charge on any atom is -0.507 e. The number of rotatable bonds is 3. The molecular formula is C25H26O15. The lowest BCUT2D eigenvalue weighted by Crippen LogP contribution is -2.49. The first kappa shape index (κ1) is 27.9. The van der Waals surface area contributed by atoms with Crippen molar-refractivity contribution in [3.05, 3.63) is 39.5 Å². The van der Waals surface area contributed by atoms with Gasteiger partial charge in [-0.2, -0.15) is 0 Å². The highest BCUT2D eigenvalue weighted by molar-refractivity contribution is 5.92. The van der Waals surface area contributed by atoms with E-state index in [4.69, 9.17) is 13.9 Å².